The fourth-order valence-electron chi connectivity index (χ4n) is 2.85. The van der Waals surface area contributed by atoms with Crippen molar-refractivity contribution >= 4 is 50.0 Å². The van der Waals surface area contributed by atoms with Crippen LogP contribution in [0.3, 0.4) is 0 Å². The summed E-state index contributed by atoms with van der Waals surface area (Å²) in [6, 6.07) is 21.1. The molecule has 1 heterocycles. The number of rotatable bonds is 5. The number of benzene rings is 3. The average Bonchev–Trinajstić information content (AvgIpc) is 3.16. The minimum Gasteiger partial charge on any atom is -0.495 e. The molecule has 3 amide bonds. The van der Waals surface area contributed by atoms with Crippen LogP contribution < -0.4 is 20.7 Å². The number of anilines is 3. The van der Waals surface area contributed by atoms with E-state index in [2.05, 4.69) is 20.9 Å². The van der Waals surface area contributed by atoms with Crippen molar-refractivity contribution < 1.29 is 14.3 Å². The fourth-order valence-corrected chi connectivity index (χ4v) is 3.75. The SMILES string of the molecule is COc1ccccc1NC(=O)Nc1ccc2nc(NC(=O)c3ccccc3)sc2c1. The van der Waals surface area contributed by atoms with E-state index in [1.165, 1.54) is 11.3 Å². The molecule has 1 aromatic heterocycles. The van der Waals surface area contributed by atoms with Crippen LogP contribution in [0.2, 0.25) is 0 Å². The first-order valence-corrected chi connectivity index (χ1v) is 9.92. The standard InChI is InChI=1S/C22H18N4O3S/c1-29-18-10-6-5-9-16(18)24-21(28)23-15-11-12-17-19(13-15)30-22(25-17)26-20(27)14-7-3-2-4-8-14/h2-13H,1H3,(H2,23,24,28)(H,25,26,27). The van der Waals surface area contributed by atoms with E-state index in [4.69, 9.17) is 4.74 Å². The van der Waals surface area contributed by atoms with Crippen LogP contribution in [-0.2, 0) is 0 Å². The van der Waals surface area contributed by atoms with Crippen molar-refractivity contribution in [2.45, 2.75) is 0 Å². The van der Waals surface area contributed by atoms with E-state index in [0.717, 1.165) is 10.2 Å². The van der Waals surface area contributed by atoms with Gasteiger partial charge in [0.1, 0.15) is 5.75 Å². The van der Waals surface area contributed by atoms with Gasteiger partial charge in [-0.1, -0.05) is 41.7 Å². The Labute approximate surface area is 176 Å². The summed E-state index contributed by atoms with van der Waals surface area (Å²) in [6.45, 7) is 0. The molecule has 0 fully saturated rings. The van der Waals surface area contributed by atoms with Gasteiger partial charge < -0.3 is 15.4 Å². The summed E-state index contributed by atoms with van der Waals surface area (Å²) in [5.41, 5.74) is 2.48. The summed E-state index contributed by atoms with van der Waals surface area (Å²) in [4.78, 5) is 29.1. The number of thiazole rings is 1. The van der Waals surface area contributed by atoms with Crippen LogP contribution in [0, 0.1) is 0 Å². The number of aromatic nitrogens is 1. The van der Waals surface area contributed by atoms with Crippen molar-refractivity contribution in [3.63, 3.8) is 0 Å². The highest BCUT2D eigenvalue weighted by molar-refractivity contribution is 7.22. The molecule has 0 aliphatic carbocycles. The number of carbonyl (C=O) groups is 2. The van der Waals surface area contributed by atoms with E-state index < -0.39 is 0 Å². The molecule has 0 saturated heterocycles. The number of nitrogens with one attached hydrogen (secondary N) is 3. The van der Waals surface area contributed by atoms with E-state index in [-0.39, 0.29) is 11.9 Å². The fraction of sp³-hybridized carbons (Fsp3) is 0.0455. The molecule has 4 aromatic rings. The lowest BCUT2D eigenvalue weighted by atomic mass is 10.2. The van der Waals surface area contributed by atoms with Gasteiger partial charge in [0.05, 0.1) is 23.0 Å². The zero-order valence-electron chi connectivity index (χ0n) is 16.0. The first kappa shape index (κ1) is 19.4. The first-order valence-electron chi connectivity index (χ1n) is 9.10. The Bertz CT molecular complexity index is 1210. The maximum Gasteiger partial charge on any atom is 0.323 e. The summed E-state index contributed by atoms with van der Waals surface area (Å²) >= 11 is 1.34. The molecule has 30 heavy (non-hydrogen) atoms. The maximum absolute atomic E-state index is 12.3. The number of hydrogen-bond acceptors (Lipinski definition) is 5. The van der Waals surface area contributed by atoms with Gasteiger partial charge in [-0.3, -0.25) is 10.1 Å². The quantitative estimate of drug-likeness (QED) is 0.415. The third kappa shape index (κ3) is 4.39. The molecule has 8 heteroatoms. The first-order chi connectivity index (χ1) is 14.6. The number of methoxy groups -OCH3 is 1. The lowest BCUT2D eigenvalue weighted by molar-refractivity contribution is 0.102. The van der Waals surface area contributed by atoms with Gasteiger partial charge >= 0.3 is 6.03 Å². The third-order valence-corrected chi connectivity index (χ3v) is 5.19. The van der Waals surface area contributed by atoms with Gasteiger partial charge in [0.15, 0.2) is 5.13 Å². The van der Waals surface area contributed by atoms with Crippen molar-refractivity contribution in [1.82, 2.24) is 4.98 Å². The van der Waals surface area contributed by atoms with Crippen LogP contribution in [0.25, 0.3) is 10.2 Å². The number of nitrogens with zero attached hydrogens (tertiary/aromatic N) is 1. The summed E-state index contributed by atoms with van der Waals surface area (Å²) in [5, 5.41) is 8.86. The number of fused-ring (bicyclic) bond motifs is 1. The van der Waals surface area contributed by atoms with Gasteiger partial charge in [-0.05, 0) is 42.5 Å². The smallest absolute Gasteiger partial charge is 0.323 e. The monoisotopic (exact) mass is 418 g/mol. The average molecular weight is 418 g/mol. The molecular weight excluding hydrogens is 400 g/mol. The number of amides is 3. The Morgan fingerprint density at radius 2 is 1.67 bits per heavy atom. The van der Waals surface area contributed by atoms with Gasteiger partial charge in [-0.2, -0.15) is 0 Å². The number of para-hydroxylation sites is 2. The molecule has 0 unspecified atom stereocenters. The zero-order chi connectivity index (χ0) is 20.9. The molecule has 3 N–H and O–H groups in total. The zero-order valence-corrected chi connectivity index (χ0v) is 16.8. The predicted octanol–water partition coefficient (Wildman–Crippen LogP) is 5.20. The Hall–Kier alpha value is -3.91. The molecular formula is C22H18N4O3S. The molecule has 0 atom stereocenters. The second kappa shape index (κ2) is 8.62. The summed E-state index contributed by atoms with van der Waals surface area (Å²) < 4.78 is 6.08. The van der Waals surface area contributed by atoms with Crippen molar-refractivity contribution in [3.8, 4) is 5.75 Å². The Balaban J connectivity index is 1.46. The molecule has 3 aromatic carbocycles. The second-order valence-corrected chi connectivity index (χ2v) is 7.33. The van der Waals surface area contributed by atoms with Gasteiger partial charge in [-0.15, -0.1) is 0 Å². The predicted molar refractivity (Wildman–Crippen MR) is 120 cm³/mol. The van der Waals surface area contributed by atoms with Crippen LogP contribution in [0.5, 0.6) is 5.75 Å². The third-order valence-electron chi connectivity index (χ3n) is 4.26. The number of ether oxygens (including phenoxy) is 1. The van der Waals surface area contributed by atoms with Crippen molar-refractivity contribution in [2.75, 3.05) is 23.1 Å². The van der Waals surface area contributed by atoms with E-state index >= 15 is 0 Å². The molecule has 150 valence electrons. The highest BCUT2D eigenvalue weighted by Crippen LogP contribution is 2.29. The van der Waals surface area contributed by atoms with Crippen LogP contribution >= 0.6 is 11.3 Å². The number of carbonyl (C=O) groups excluding carboxylic acids is 2. The van der Waals surface area contributed by atoms with Crippen molar-refractivity contribution in [2.24, 2.45) is 0 Å². The molecule has 7 nitrogen and oxygen atoms in total. The molecule has 0 radical (unpaired) electrons. The van der Waals surface area contributed by atoms with Crippen molar-refractivity contribution in [1.29, 1.82) is 0 Å². The molecule has 0 saturated carbocycles. The highest BCUT2D eigenvalue weighted by atomic mass is 32.1. The molecule has 0 spiro atoms. The number of hydrogen-bond donors (Lipinski definition) is 3. The Kier molecular flexibility index (Phi) is 5.58. The van der Waals surface area contributed by atoms with Gasteiger partial charge in [0, 0.05) is 11.3 Å². The normalized spacial score (nSPS) is 10.4. The summed E-state index contributed by atoms with van der Waals surface area (Å²) in [7, 11) is 1.55. The minimum atomic E-state index is -0.388. The van der Waals surface area contributed by atoms with Gasteiger partial charge in [0.25, 0.3) is 5.91 Å². The number of urea groups is 1. The maximum atomic E-state index is 12.3. The lowest BCUT2D eigenvalue weighted by Gasteiger charge is -2.10. The van der Waals surface area contributed by atoms with Crippen LogP contribution in [0.4, 0.5) is 21.3 Å². The van der Waals surface area contributed by atoms with E-state index in [1.807, 2.05) is 24.3 Å². The van der Waals surface area contributed by atoms with Gasteiger partial charge in [-0.25, -0.2) is 9.78 Å². The topological polar surface area (TPSA) is 92.3 Å². The molecule has 0 bridgehead atoms. The largest absolute Gasteiger partial charge is 0.495 e. The lowest BCUT2D eigenvalue weighted by Crippen LogP contribution is -2.19. The van der Waals surface area contributed by atoms with Crippen LogP contribution in [0.1, 0.15) is 10.4 Å². The van der Waals surface area contributed by atoms with E-state index in [9.17, 15) is 9.59 Å². The highest BCUT2D eigenvalue weighted by Gasteiger charge is 2.11. The van der Waals surface area contributed by atoms with Gasteiger partial charge in [0.2, 0.25) is 0 Å². The van der Waals surface area contributed by atoms with Crippen LogP contribution in [0.15, 0.2) is 72.8 Å². The van der Waals surface area contributed by atoms with Crippen LogP contribution in [-0.4, -0.2) is 24.0 Å². The molecule has 4 rings (SSSR count). The van der Waals surface area contributed by atoms with Crippen molar-refractivity contribution in [3.05, 3.63) is 78.4 Å². The summed E-state index contributed by atoms with van der Waals surface area (Å²) in [6.07, 6.45) is 0. The van der Waals surface area contributed by atoms with E-state index in [0.29, 0.717) is 27.8 Å². The second-order valence-electron chi connectivity index (χ2n) is 6.30. The Morgan fingerprint density at radius 1 is 0.900 bits per heavy atom. The molecule has 0 aliphatic heterocycles. The minimum absolute atomic E-state index is 0.218. The van der Waals surface area contributed by atoms with E-state index in [1.54, 1.807) is 55.6 Å². The summed E-state index contributed by atoms with van der Waals surface area (Å²) in [5.74, 6) is 0.355. The molecule has 0 aliphatic rings. The Morgan fingerprint density at radius 3 is 2.47 bits per heavy atom.